The van der Waals surface area contributed by atoms with Crippen molar-refractivity contribution in [3.63, 3.8) is 0 Å². The van der Waals surface area contributed by atoms with E-state index >= 15 is 0 Å². The van der Waals surface area contributed by atoms with Gasteiger partial charge in [0.05, 0.1) is 17.6 Å². The second-order valence-electron chi connectivity index (χ2n) is 7.31. The molecule has 0 spiro atoms. The number of rotatable bonds is 5. The summed E-state index contributed by atoms with van der Waals surface area (Å²) in [6.45, 7) is 2.25. The fourth-order valence-corrected chi connectivity index (χ4v) is 3.83. The summed E-state index contributed by atoms with van der Waals surface area (Å²) in [6, 6.07) is 20.3. The van der Waals surface area contributed by atoms with Crippen molar-refractivity contribution < 1.29 is 4.74 Å². The van der Waals surface area contributed by atoms with E-state index in [0.29, 0.717) is 6.61 Å². The van der Waals surface area contributed by atoms with Crippen molar-refractivity contribution >= 4 is 5.69 Å². The normalized spacial score (nSPS) is 13.0. The molecule has 0 fully saturated rings. The van der Waals surface area contributed by atoms with Crippen LogP contribution < -0.4 is 9.64 Å². The molecule has 0 unspecified atom stereocenters. The summed E-state index contributed by atoms with van der Waals surface area (Å²) in [5, 5.41) is 0. The second kappa shape index (κ2) is 8.33. The van der Waals surface area contributed by atoms with Crippen LogP contribution in [0.2, 0.25) is 0 Å². The average Bonchev–Trinajstić information content (AvgIpc) is 2.83. The van der Waals surface area contributed by atoms with Gasteiger partial charge in [-0.2, -0.15) is 0 Å². The fraction of sp³-hybridized carbons (Fsp3) is 0.160. The molecule has 0 saturated carbocycles. The zero-order chi connectivity index (χ0) is 20.2. The topological polar surface area (TPSA) is 51.1 Å². The van der Waals surface area contributed by atoms with Gasteiger partial charge in [0, 0.05) is 49.4 Å². The first-order valence-corrected chi connectivity index (χ1v) is 10.1. The molecule has 1 aliphatic rings. The molecule has 0 amide bonds. The first-order chi connectivity index (χ1) is 14.9. The molecule has 0 atom stereocenters. The van der Waals surface area contributed by atoms with Crippen LogP contribution in [0.25, 0.3) is 11.1 Å². The molecule has 3 aromatic heterocycles. The number of hydrogen-bond donors (Lipinski definition) is 0. The van der Waals surface area contributed by atoms with Gasteiger partial charge in [0.1, 0.15) is 12.4 Å². The molecule has 0 saturated heterocycles. The Bertz CT molecular complexity index is 1130. The number of ether oxygens (including phenoxy) is 1. The van der Waals surface area contributed by atoms with Crippen molar-refractivity contribution in [2.45, 2.75) is 19.6 Å². The standard InChI is InChI=1S/C25H22N4O/c1-2-12-27-21(5-1)18-30-22-8-6-19(7-9-22)23-10-14-26-16-25(23)29-15-11-24-20(17-29)4-3-13-28-24/h1-10,12-14,16H,11,15,17-18H2. The van der Waals surface area contributed by atoms with Crippen LogP contribution in [0, 0.1) is 0 Å². The SMILES string of the molecule is c1ccc(COc2ccc(-c3ccncc3N3CCc4ncccc4C3)cc2)nc1. The number of anilines is 1. The molecule has 5 heteroatoms. The van der Waals surface area contributed by atoms with E-state index in [0.717, 1.165) is 42.2 Å². The summed E-state index contributed by atoms with van der Waals surface area (Å²) >= 11 is 0. The zero-order valence-electron chi connectivity index (χ0n) is 16.6. The average molecular weight is 394 g/mol. The van der Waals surface area contributed by atoms with E-state index in [2.05, 4.69) is 44.1 Å². The van der Waals surface area contributed by atoms with Crippen LogP contribution in [-0.2, 0) is 19.6 Å². The summed E-state index contributed by atoms with van der Waals surface area (Å²) in [5.41, 5.74) is 6.88. The van der Waals surface area contributed by atoms with Gasteiger partial charge in [-0.3, -0.25) is 15.0 Å². The van der Waals surface area contributed by atoms with Crippen LogP contribution >= 0.6 is 0 Å². The minimum absolute atomic E-state index is 0.460. The predicted octanol–water partition coefficient (Wildman–Crippen LogP) is 4.68. The predicted molar refractivity (Wildman–Crippen MR) is 117 cm³/mol. The smallest absolute Gasteiger partial charge is 0.130 e. The number of benzene rings is 1. The largest absolute Gasteiger partial charge is 0.487 e. The van der Waals surface area contributed by atoms with Crippen molar-refractivity contribution in [1.29, 1.82) is 0 Å². The number of nitrogens with zero attached hydrogens (tertiary/aromatic N) is 4. The maximum atomic E-state index is 5.88. The van der Waals surface area contributed by atoms with Crippen LogP contribution in [0.15, 0.2) is 85.5 Å². The molecule has 148 valence electrons. The maximum absolute atomic E-state index is 5.88. The lowest BCUT2D eigenvalue weighted by Gasteiger charge is -2.31. The Morgan fingerprint density at radius 1 is 0.867 bits per heavy atom. The summed E-state index contributed by atoms with van der Waals surface area (Å²) in [4.78, 5) is 15.6. The maximum Gasteiger partial charge on any atom is 0.130 e. The molecular weight excluding hydrogens is 372 g/mol. The van der Waals surface area contributed by atoms with Crippen molar-refractivity contribution in [2.75, 3.05) is 11.4 Å². The monoisotopic (exact) mass is 394 g/mol. The lowest BCUT2D eigenvalue weighted by Crippen LogP contribution is -2.31. The van der Waals surface area contributed by atoms with Gasteiger partial charge in [-0.05, 0) is 47.5 Å². The third kappa shape index (κ3) is 3.87. The van der Waals surface area contributed by atoms with Crippen LogP contribution in [0.4, 0.5) is 5.69 Å². The number of aromatic nitrogens is 3. The van der Waals surface area contributed by atoms with Crippen LogP contribution in [0.5, 0.6) is 5.75 Å². The molecule has 4 heterocycles. The highest BCUT2D eigenvalue weighted by Gasteiger charge is 2.20. The molecular formula is C25H22N4O. The van der Waals surface area contributed by atoms with Gasteiger partial charge >= 0.3 is 0 Å². The Morgan fingerprint density at radius 3 is 2.63 bits per heavy atom. The Balaban J connectivity index is 1.35. The second-order valence-corrected chi connectivity index (χ2v) is 7.31. The Kier molecular flexibility index (Phi) is 5.08. The van der Waals surface area contributed by atoms with Gasteiger partial charge in [-0.25, -0.2) is 0 Å². The minimum atomic E-state index is 0.460. The van der Waals surface area contributed by atoms with Gasteiger partial charge in [-0.1, -0.05) is 24.3 Å². The summed E-state index contributed by atoms with van der Waals surface area (Å²) < 4.78 is 5.88. The van der Waals surface area contributed by atoms with Crippen molar-refractivity contribution in [1.82, 2.24) is 15.0 Å². The Morgan fingerprint density at radius 2 is 1.77 bits per heavy atom. The first-order valence-electron chi connectivity index (χ1n) is 10.1. The summed E-state index contributed by atoms with van der Waals surface area (Å²) in [5.74, 6) is 0.831. The van der Waals surface area contributed by atoms with Gasteiger partial charge in [-0.15, -0.1) is 0 Å². The lowest BCUT2D eigenvalue weighted by atomic mass is 10.0. The summed E-state index contributed by atoms with van der Waals surface area (Å²) in [7, 11) is 0. The molecule has 5 rings (SSSR count). The number of fused-ring (bicyclic) bond motifs is 1. The van der Waals surface area contributed by atoms with E-state index in [4.69, 9.17) is 4.74 Å². The number of hydrogen-bond acceptors (Lipinski definition) is 5. The van der Waals surface area contributed by atoms with Crippen LogP contribution in [0.3, 0.4) is 0 Å². The highest BCUT2D eigenvalue weighted by atomic mass is 16.5. The highest BCUT2D eigenvalue weighted by Crippen LogP contribution is 2.33. The molecule has 30 heavy (non-hydrogen) atoms. The molecule has 1 aromatic carbocycles. The molecule has 0 radical (unpaired) electrons. The zero-order valence-corrected chi connectivity index (χ0v) is 16.6. The Labute approximate surface area is 176 Å². The highest BCUT2D eigenvalue weighted by molar-refractivity contribution is 5.78. The van der Waals surface area contributed by atoms with Crippen molar-refractivity contribution in [2.24, 2.45) is 0 Å². The molecule has 1 aliphatic heterocycles. The van der Waals surface area contributed by atoms with E-state index in [1.54, 1.807) is 6.20 Å². The van der Waals surface area contributed by atoms with Crippen molar-refractivity contribution in [3.8, 4) is 16.9 Å². The van der Waals surface area contributed by atoms with Gasteiger partial charge in [0.25, 0.3) is 0 Å². The number of pyridine rings is 3. The van der Waals surface area contributed by atoms with Gasteiger partial charge in [0.15, 0.2) is 0 Å². The molecule has 0 bridgehead atoms. The van der Waals surface area contributed by atoms with E-state index in [9.17, 15) is 0 Å². The first kappa shape index (κ1) is 18.3. The van der Waals surface area contributed by atoms with Gasteiger partial charge < -0.3 is 9.64 Å². The quantitative estimate of drug-likeness (QED) is 0.492. The molecule has 4 aromatic rings. The van der Waals surface area contributed by atoms with Gasteiger partial charge in [0.2, 0.25) is 0 Å². The van der Waals surface area contributed by atoms with Crippen molar-refractivity contribution in [3.05, 3.63) is 102 Å². The van der Waals surface area contributed by atoms with Crippen LogP contribution in [-0.4, -0.2) is 21.5 Å². The third-order valence-electron chi connectivity index (χ3n) is 5.38. The van der Waals surface area contributed by atoms with E-state index in [-0.39, 0.29) is 0 Å². The fourth-order valence-electron chi connectivity index (χ4n) is 3.83. The van der Waals surface area contributed by atoms with E-state index in [1.807, 2.05) is 55.0 Å². The van der Waals surface area contributed by atoms with Crippen LogP contribution in [0.1, 0.15) is 17.0 Å². The molecule has 5 nitrogen and oxygen atoms in total. The Hall–Kier alpha value is -3.73. The summed E-state index contributed by atoms with van der Waals surface area (Å²) in [6.07, 6.45) is 8.42. The molecule has 0 N–H and O–H groups in total. The third-order valence-corrected chi connectivity index (χ3v) is 5.38. The lowest BCUT2D eigenvalue weighted by molar-refractivity contribution is 0.301. The molecule has 0 aliphatic carbocycles. The minimum Gasteiger partial charge on any atom is -0.487 e. The van der Waals surface area contributed by atoms with E-state index < -0.39 is 0 Å². The van der Waals surface area contributed by atoms with E-state index in [1.165, 1.54) is 16.8 Å².